The molecule has 0 bridgehead atoms. The predicted octanol–water partition coefficient (Wildman–Crippen LogP) is 2.72. The van der Waals surface area contributed by atoms with Gasteiger partial charge < -0.3 is 11.1 Å². The Balaban J connectivity index is 1.18. The first-order valence-electron chi connectivity index (χ1n) is 10.4. The number of benzene rings is 2. The monoisotopic (exact) mass is 377 g/mol. The molecule has 0 unspecified atom stereocenters. The van der Waals surface area contributed by atoms with Gasteiger partial charge in [0.2, 0.25) is 0 Å². The van der Waals surface area contributed by atoms with Gasteiger partial charge in [-0.05, 0) is 48.1 Å². The standard InChI is InChI=1S/C23H31N5/c24-23(26-22-10-9-20-7-4-8-21(20)17-22)25-11-12-27-13-15-28(16-14-27)18-19-5-2-1-3-6-19/h1-3,5-6,9-10,17H,4,7-8,11-16,18H2,(H3,24,25,26). The van der Waals surface area contributed by atoms with Gasteiger partial charge in [0, 0.05) is 45.0 Å². The second-order valence-electron chi connectivity index (χ2n) is 7.83. The number of nitrogens with two attached hydrogens (primary N) is 1. The Morgan fingerprint density at radius 2 is 1.68 bits per heavy atom. The van der Waals surface area contributed by atoms with Gasteiger partial charge in [-0.25, -0.2) is 0 Å². The van der Waals surface area contributed by atoms with E-state index in [9.17, 15) is 0 Å². The number of hydrogen-bond acceptors (Lipinski definition) is 3. The van der Waals surface area contributed by atoms with Crippen LogP contribution in [0.25, 0.3) is 0 Å². The second kappa shape index (κ2) is 9.22. The maximum absolute atomic E-state index is 6.09. The van der Waals surface area contributed by atoms with Crippen molar-refractivity contribution in [1.29, 1.82) is 0 Å². The molecule has 2 aromatic rings. The average molecular weight is 378 g/mol. The van der Waals surface area contributed by atoms with Crippen molar-refractivity contribution in [2.75, 3.05) is 44.6 Å². The van der Waals surface area contributed by atoms with E-state index in [1.54, 1.807) is 0 Å². The molecular weight excluding hydrogens is 346 g/mol. The van der Waals surface area contributed by atoms with Crippen molar-refractivity contribution >= 4 is 11.6 Å². The van der Waals surface area contributed by atoms with Crippen LogP contribution in [0.3, 0.4) is 0 Å². The van der Waals surface area contributed by atoms with Gasteiger partial charge in [-0.1, -0.05) is 36.4 Å². The number of fused-ring (bicyclic) bond motifs is 1. The number of guanidine groups is 1. The van der Waals surface area contributed by atoms with Crippen LogP contribution in [0.2, 0.25) is 0 Å². The molecule has 4 rings (SSSR count). The number of hydrogen-bond donors (Lipinski definition) is 2. The number of anilines is 1. The summed E-state index contributed by atoms with van der Waals surface area (Å²) >= 11 is 0. The molecule has 2 aromatic carbocycles. The summed E-state index contributed by atoms with van der Waals surface area (Å²) in [7, 11) is 0. The molecule has 5 heteroatoms. The molecule has 0 radical (unpaired) electrons. The maximum atomic E-state index is 6.09. The Bertz CT molecular complexity index is 794. The van der Waals surface area contributed by atoms with Gasteiger partial charge in [0.1, 0.15) is 0 Å². The molecule has 0 saturated carbocycles. The first-order chi connectivity index (χ1) is 13.8. The highest BCUT2D eigenvalue weighted by Crippen LogP contribution is 2.24. The van der Waals surface area contributed by atoms with E-state index in [0.29, 0.717) is 5.96 Å². The minimum Gasteiger partial charge on any atom is -0.370 e. The summed E-state index contributed by atoms with van der Waals surface area (Å²) in [5, 5.41) is 3.24. The largest absolute Gasteiger partial charge is 0.370 e. The summed E-state index contributed by atoms with van der Waals surface area (Å²) in [6.07, 6.45) is 3.65. The highest BCUT2D eigenvalue weighted by atomic mass is 15.3. The summed E-state index contributed by atoms with van der Waals surface area (Å²) in [5.41, 5.74) is 11.5. The zero-order valence-corrected chi connectivity index (χ0v) is 16.6. The molecule has 1 aliphatic heterocycles. The molecule has 1 heterocycles. The fourth-order valence-corrected chi connectivity index (χ4v) is 4.16. The lowest BCUT2D eigenvalue weighted by molar-refractivity contribution is 0.130. The highest BCUT2D eigenvalue weighted by molar-refractivity contribution is 5.92. The summed E-state index contributed by atoms with van der Waals surface area (Å²) in [5.74, 6) is 0.515. The molecule has 148 valence electrons. The van der Waals surface area contributed by atoms with E-state index in [4.69, 9.17) is 5.73 Å². The Morgan fingerprint density at radius 1 is 0.929 bits per heavy atom. The van der Waals surface area contributed by atoms with Gasteiger partial charge in [0.15, 0.2) is 5.96 Å². The highest BCUT2D eigenvalue weighted by Gasteiger charge is 2.16. The lowest BCUT2D eigenvalue weighted by Crippen LogP contribution is -2.46. The number of piperazine rings is 1. The van der Waals surface area contributed by atoms with E-state index >= 15 is 0 Å². The molecule has 1 fully saturated rings. The number of rotatable bonds is 6. The van der Waals surface area contributed by atoms with Gasteiger partial charge in [-0.2, -0.15) is 0 Å². The van der Waals surface area contributed by atoms with Gasteiger partial charge >= 0.3 is 0 Å². The quantitative estimate of drug-likeness (QED) is 0.600. The number of nitrogens with one attached hydrogen (secondary N) is 1. The van der Waals surface area contributed by atoms with Crippen LogP contribution in [0.1, 0.15) is 23.1 Å². The number of nitrogens with zero attached hydrogens (tertiary/aromatic N) is 3. The molecule has 0 atom stereocenters. The Morgan fingerprint density at radius 3 is 2.50 bits per heavy atom. The van der Waals surface area contributed by atoms with E-state index in [-0.39, 0.29) is 0 Å². The third-order valence-corrected chi connectivity index (χ3v) is 5.78. The SMILES string of the molecule is NC(=NCCN1CCN(Cc2ccccc2)CC1)Nc1ccc2c(c1)CCC2. The lowest BCUT2D eigenvalue weighted by Gasteiger charge is -2.34. The van der Waals surface area contributed by atoms with Crippen LogP contribution in [0, 0.1) is 0 Å². The van der Waals surface area contributed by atoms with Crippen LogP contribution in [-0.2, 0) is 19.4 Å². The fraction of sp³-hybridized carbons (Fsp3) is 0.435. The smallest absolute Gasteiger partial charge is 0.193 e. The molecule has 1 saturated heterocycles. The first-order valence-corrected chi connectivity index (χ1v) is 10.4. The molecule has 28 heavy (non-hydrogen) atoms. The summed E-state index contributed by atoms with van der Waals surface area (Å²) in [4.78, 5) is 9.53. The zero-order chi connectivity index (χ0) is 19.2. The molecule has 0 aromatic heterocycles. The molecule has 2 aliphatic rings. The van der Waals surface area contributed by atoms with Crippen LogP contribution in [0.15, 0.2) is 53.5 Å². The van der Waals surface area contributed by atoms with E-state index in [1.165, 1.54) is 36.0 Å². The van der Waals surface area contributed by atoms with Crippen LogP contribution < -0.4 is 11.1 Å². The molecule has 5 nitrogen and oxygen atoms in total. The van der Waals surface area contributed by atoms with Crippen molar-refractivity contribution in [3.8, 4) is 0 Å². The predicted molar refractivity (Wildman–Crippen MR) is 117 cm³/mol. The topological polar surface area (TPSA) is 56.9 Å². The Kier molecular flexibility index (Phi) is 6.24. The van der Waals surface area contributed by atoms with Gasteiger partial charge in [0.05, 0.1) is 6.54 Å². The van der Waals surface area contributed by atoms with E-state index in [0.717, 1.165) is 51.5 Å². The first kappa shape index (κ1) is 19.0. The van der Waals surface area contributed by atoms with Crippen molar-refractivity contribution in [3.05, 3.63) is 65.2 Å². The Hall–Kier alpha value is -2.37. The molecular formula is C23H31N5. The van der Waals surface area contributed by atoms with Crippen LogP contribution in [0.4, 0.5) is 5.69 Å². The average Bonchev–Trinajstić information content (AvgIpc) is 3.18. The minimum atomic E-state index is 0.515. The van der Waals surface area contributed by atoms with Crippen LogP contribution in [0.5, 0.6) is 0 Å². The van der Waals surface area contributed by atoms with Crippen molar-refractivity contribution in [3.63, 3.8) is 0 Å². The summed E-state index contributed by atoms with van der Waals surface area (Å²) < 4.78 is 0. The summed E-state index contributed by atoms with van der Waals surface area (Å²) in [6, 6.07) is 17.3. The third kappa shape index (κ3) is 5.12. The maximum Gasteiger partial charge on any atom is 0.193 e. The van der Waals surface area contributed by atoms with Crippen LogP contribution in [-0.4, -0.2) is 55.0 Å². The third-order valence-electron chi connectivity index (χ3n) is 5.78. The van der Waals surface area contributed by atoms with Crippen molar-refractivity contribution in [2.45, 2.75) is 25.8 Å². The van der Waals surface area contributed by atoms with Crippen molar-refractivity contribution in [1.82, 2.24) is 9.80 Å². The van der Waals surface area contributed by atoms with Gasteiger partial charge in [-0.3, -0.25) is 14.8 Å². The molecule has 1 aliphatic carbocycles. The number of aryl methyl sites for hydroxylation is 2. The number of aliphatic imine (C=N–C) groups is 1. The van der Waals surface area contributed by atoms with E-state index in [1.807, 2.05) is 0 Å². The zero-order valence-electron chi connectivity index (χ0n) is 16.6. The minimum absolute atomic E-state index is 0.515. The fourth-order valence-electron chi connectivity index (χ4n) is 4.16. The van der Waals surface area contributed by atoms with Crippen molar-refractivity contribution in [2.24, 2.45) is 10.7 Å². The van der Waals surface area contributed by atoms with Crippen molar-refractivity contribution < 1.29 is 0 Å². The Labute approximate surface area is 168 Å². The lowest BCUT2D eigenvalue weighted by atomic mass is 10.1. The normalized spacial score (nSPS) is 18.2. The second-order valence-corrected chi connectivity index (χ2v) is 7.83. The van der Waals surface area contributed by atoms with Gasteiger partial charge in [-0.15, -0.1) is 0 Å². The summed E-state index contributed by atoms with van der Waals surface area (Å²) in [6.45, 7) is 7.17. The van der Waals surface area contributed by atoms with E-state index in [2.05, 4.69) is 68.6 Å². The molecule has 0 spiro atoms. The molecule has 0 amide bonds. The van der Waals surface area contributed by atoms with Gasteiger partial charge in [0.25, 0.3) is 0 Å². The molecule has 3 N–H and O–H groups in total. The van der Waals surface area contributed by atoms with E-state index < -0.39 is 0 Å². The van der Waals surface area contributed by atoms with Crippen LogP contribution >= 0.6 is 0 Å².